The van der Waals surface area contributed by atoms with Crippen LogP contribution >= 0.6 is 8.53 Å². The van der Waals surface area contributed by atoms with Crippen molar-refractivity contribution < 1.29 is 42.7 Å². The number of rotatable bonds is 17. The number of carbonyl (C=O) groups is 2. The van der Waals surface area contributed by atoms with E-state index in [1.165, 1.54) is 0 Å². The summed E-state index contributed by atoms with van der Waals surface area (Å²) in [6.45, 7) is 39.7. The molecule has 17 nitrogen and oxygen atoms in total. The minimum atomic E-state index is -5.46. The second-order valence-corrected chi connectivity index (χ2v) is 27.5. The van der Waals surface area contributed by atoms with Crippen molar-refractivity contribution in [3.05, 3.63) is 69.3 Å². The van der Waals surface area contributed by atoms with Gasteiger partial charge in [0.05, 0.1) is 12.2 Å². The number of ether oxygens (including phenoxy) is 1. The number of fused-ring (bicyclic) bond motifs is 1. The molecule has 366 valence electrons. The summed E-state index contributed by atoms with van der Waals surface area (Å²) < 4.78 is 55.7. The van der Waals surface area contributed by atoms with Crippen LogP contribution in [0.2, 0.25) is 0 Å². The third-order valence-corrected chi connectivity index (χ3v) is 24.6. The number of hydrogen-bond acceptors (Lipinski definition) is 14. The molecule has 4 N–H and O–H groups in total. The summed E-state index contributed by atoms with van der Waals surface area (Å²) in [6.07, 6.45) is 2.51. The molecule has 66 heavy (non-hydrogen) atoms. The summed E-state index contributed by atoms with van der Waals surface area (Å²) in [7, 11) is -1.48. The van der Waals surface area contributed by atoms with Crippen molar-refractivity contribution in [1.82, 2.24) is 20.2 Å². The van der Waals surface area contributed by atoms with Crippen LogP contribution in [0.15, 0.2) is 45.5 Å². The minimum Gasteiger partial charge on any atom is -0.352 e. The Kier molecular flexibility index (Phi) is 14.8. The smallest absolute Gasteiger partial charge is 0.254 e. The maximum atomic E-state index is 13.5. The number of benzene rings is 1. The van der Waals surface area contributed by atoms with Gasteiger partial charge >= 0.3 is 226 Å². The van der Waals surface area contributed by atoms with E-state index in [1.807, 2.05) is 67.2 Å². The van der Waals surface area contributed by atoms with Crippen molar-refractivity contribution in [2.24, 2.45) is 0 Å². The zero-order valence-electron chi connectivity index (χ0n) is 41.3. The van der Waals surface area contributed by atoms with Crippen LogP contribution < -0.4 is 26.3 Å². The molecule has 4 atom stereocenters. The van der Waals surface area contributed by atoms with Crippen molar-refractivity contribution in [1.29, 1.82) is 0 Å². The Bertz CT molecular complexity index is 2270. The zero-order chi connectivity index (χ0) is 49.0. The van der Waals surface area contributed by atoms with E-state index in [4.69, 9.17) is 45.4 Å². The largest absolute Gasteiger partial charge is 0.352 e. The molecule has 1 aromatic carbocycles. The number of aryl methyl sites for hydroxylation is 1. The Hall–Kier alpha value is -3.39. The molecule has 6 rings (SSSR count). The summed E-state index contributed by atoms with van der Waals surface area (Å²) in [4.78, 5) is 45.4. The molecule has 19 heteroatoms. The zero-order valence-corrected chi connectivity index (χ0v) is 44.1. The molecule has 0 bridgehead atoms. The van der Waals surface area contributed by atoms with Gasteiger partial charge in [0.25, 0.3) is 14.4 Å². The number of carbonyl (C=O) groups excluding carboxylic acids is 2. The van der Waals surface area contributed by atoms with Gasteiger partial charge in [0.15, 0.2) is 0 Å². The molecular weight excluding hydrogens is 930 g/mol. The quantitative estimate of drug-likeness (QED) is 0.0370. The Labute approximate surface area is 393 Å². The third-order valence-electron chi connectivity index (χ3n) is 13.5. The van der Waals surface area contributed by atoms with Crippen LogP contribution in [0.5, 0.6) is 0 Å². The number of nitrogens with one attached hydrogen (secondary N) is 2. The maximum absolute atomic E-state index is 13.5. The summed E-state index contributed by atoms with van der Waals surface area (Å²) >= 11 is -5.46. The number of hydrogen-bond donors (Lipinski definition) is 3. The van der Waals surface area contributed by atoms with Crippen LogP contribution in [0.1, 0.15) is 127 Å². The SMILES string of the molecule is [C-]#[N+]CCOP(OC1C[C@H](N2C=C(CCCNC(=O)Cc3c(C)c4cc([As]56(OC(C)(C)C(C)(C)O5)OC(C)(C)C(C)(C)O6)c(N)cc4oc3=O)C(=O)NC2=C)O[C@@H]1CC)N(C(C)C)C(C)C. The first-order chi connectivity index (χ1) is 30.6. The Morgan fingerprint density at radius 2 is 1.64 bits per heavy atom. The molecule has 0 aliphatic carbocycles. The van der Waals surface area contributed by atoms with E-state index in [-0.39, 0.29) is 79.1 Å². The first-order valence-corrected chi connectivity index (χ1v) is 28.1. The summed E-state index contributed by atoms with van der Waals surface area (Å²) in [6, 6.07) is 3.65. The fourth-order valence-electron chi connectivity index (χ4n) is 8.78. The predicted molar refractivity (Wildman–Crippen MR) is 256 cm³/mol. The average Bonchev–Trinajstić information content (AvgIpc) is 3.71. The topological polar surface area (TPSA) is 190 Å². The number of amides is 2. The van der Waals surface area contributed by atoms with Gasteiger partial charge in [0.2, 0.25) is 6.54 Å². The summed E-state index contributed by atoms with van der Waals surface area (Å²) in [5.41, 5.74) is 4.48. The second kappa shape index (κ2) is 18.8. The molecule has 4 aliphatic rings. The van der Waals surface area contributed by atoms with Gasteiger partial charge in [-0.15, -0.1) is 0 Å². The molecule has 0 saturated carbocycles. The van der Waals surface area contributed by atoms with Crippen LogP contribution in [-0.2, 0) is 44.7 Å². The van der Waals surface area contributed by atoms with Gasteiger partial charge in [-0.1, -0.05) is 13.5 Å². The fourth-order valence-corrected chi connectivity index (χ4v) is 22.0. The fraction of sp³-hybridized carbons (Fsp3) is 0.660. The van der Waals surface area contributed by atoms with Crippen molar-refractivity contribution >= 4 is 55.2 Å². The molecule has 3 fully saturated rings. The normalized spacial score (nSPS) is 25.8. The molecule has 2 unspecified atom stereocenters. The maximum Gasteiger partial charge on any atom is 0.254 e. The summed E-state index contributed by atoms with van der Waals surface area (Å²) in [5.74, 6) is -0.273. The Morgan fingerprint density at radius 3 is 2.18 bits per heavy atom. The molecule has 4 aliphatic heterocycles. The van der Waals surface area contributed by atoms with Gasteiger partial charge in [0, 0.05) is 24.7 Å². The van der Waals surface area contributed by atoms with Crippen LogP contribution in [0.3, 0.4) is 0 Å². The van der Waals surface area contributed by atoms with E-state index >= 15 is 0 Å². The van der Waals surface area contributed by atoms with Crippen molar-refractivity contribution in [3.63, 3.8) is 0 Å². The monoisotopic (exact) mass is 1000 g/mol. The van der Waals surface area contributed by atoms with Gasteiger partial charge in [0.1, 0.15) is 18.7 Å². The average molecular weight is 1000 g/mol. The van der Waals surface area contributed by atoms with E-state index in [0.717, 1.165) is 0 Å². The van der Waals surface area contributed by atoms with Gasteiger partial charge in [-0.25, -0.2) is 11.2 Å². The van der Waals surface area contributed by atoms with E-state index in [0.29, 0.717) is 52.4 Å². The number of nitrogen functional groups attached to an aromatic ring is 1. The predicted octanol–water partition coefficient (Wildman–Crippen LogP) is 6.91. The molecule has 5 heterocycles. The van der Waals surface area contributed by atoms with E-state index in [2.05, 4.69) is 54.4 Å². The molecule has 2 aromatic rings. The number of nitrogens with two attached hydrogens (primary N) is 1. The van der Waals surface area contributed by atoms with E-state index < -0.39 is 56.6 Å². The van der Waals surface area contributed by atoms with Crippen molar-refractivity contribution in [3.8, 4) is 0 Å². The Morgan fingerprint density at radius 1 is 1.05 bits per heavy atom. The minimum absolute atomic E-state index is 0.152. The van der Waals surface area contributed by atoms with Gasteiger partial charge in [-0.3, -0.25) is 4.79 Å². The number of anilines is 1. The summed E-state index contributed by atoms with van der Waals surface area (Å²) in [5, 5.41) is 6.32. The first-order valence-electron chi connectivity index (χ1n) is 23.0. The standard InChI is InChI=1S/C47H72AsN6O11P/c1-17-37-39(61-66(58-22-21-50-16)54(28(2)3)29(4)5)26-41(59-37)53-27-32(42(56)52-31(53)7)19-18-20-51-40(55)24-34-30(6)33-23-35(36(49)25-38(33)60-43(34)57)48(62-44(8,9)45(10,11)63-48)64-46(12,13)47(14,15)65-48/h23,25,27-29,37,39,41H,7,17-22,24,26,49H2,1-6,8-15H3,(H,51,55)(H,52,56)/t37-,39?,41-,66?/m1/s1. The molecule has 1 aromatic heterocycles. The van der Waals surface area contributed by atoms with E-state index in [9.17, 15) is 14.4 Å². The van der Waals surface area contributed by atoms with Crippen LogP contribution in [0, 0.1) is 13.5 Å². The second-order valence-electron chi connectivity index (χ2n) is 20.1. The van der Waals surface area contributed by atoms with Crippen molar-refractivity contribution in [2.75, 3.05) is 25.4 Å². The Balaban J connectivity index is 1.14. The van der Waals surface area contributed by atoms with Gasteiger partial charge in [-0.05, 0) is 34.1 Å². The molecule has 0 radical (unpaired) electrons. The van der Waals surface area contributed by atoms with Crippen molar-refractivity contribution in [2.45, 2.75) is 182 Å². The molecular formula is C47H72AsN6O11P. The molecule has 2 amide bonds. The van der Waals surface area contributed by atoms with Crippen LogP contribution in [0.4, 0.5) is 5.69 Å². The van der Waals surface area contributed by atoms with Crippen LogP contribution in [0.25, 0.3) is 15.8 Å². The van der Waals surface area contributed by atoms with Crippen LogP contribution in [-0.4, -0.2) is 108 Å². The number of nitrogens with zero attached hydrogens (tertiary/aromatic N) is 3. The van der Waals surface area contributed by atoms with E-state index in [1.54, 1.807) is 25.3 Å². The first kappa shape index (κ1) is 52.0. The molecule has 3 saturated heterocycles. The van der Waals surface area contributed by atoms with Gasteiger partial charge in [-0.2, -0.15) is 0 Å². The molecule has 1 spiro atoms. The van der Waals surface area contributed by atoms with Gasteiger partial charge < -0.3 is 28.8 Å². The third kappa shape index (κ3) is 9.75.